The van der Waals surface area contributed by atoms with Crippen molar-refractivity contribution in [3.8, 4) is 0 Å². The second-order valence-electron chi connectivity index (χ2n) is 11.7. The third-order valence-electron chi connectivity index (χ3n) is 8.12. The molecule has 0 bridgehead atoms. The molecule has 1 saturated heterocycles. The first-order valence-electron chi connectivity index (χ1n) is 15.4. The molecule has 1 aromatic carbocycles. The summed E-state index contributed by atoms with van der Waals surface area (Å²) in [6.07, 6.45) is 15.2. The number of fused-ring (bicyclic) bond motifs is 1. The number of amides is 1. The van der Waals surface area contributed by atoms with E-state index in [1.807, 2.05) is 78.9 Å². The summed E-state index contributed by atoms with van der Waals surface area (Å²) in [6.45, 7) is 14.8. The van der Waals surface area contributed by atoms with Crippen molar-refractivity contribution < 1.29 is 11.0 Å². The average Bonchev–Trinajstić information content (AvgIpc) is 3.24. The Hall–Kier alpha value is -4.40. The van der Waals surface area contributed by atoms with Crippen LogP contribution in [0.2, 0.25) is 0 Å². The SMILES string of the molecule is C=Cc1c(NC(=O)C2=CC=CC=C3C=C(OCCN4CCN(C)CC4)C=CN32)cccc1N(C)Cc1cccc(C(C)C)n1.[HH]. The van der Waals surface area contributed by atoms with Gasteiger partial charge in [0, 0.05) is 76.1 Å². The molecule has 1 N–H and O–H groups in total. The highest BCUT2D eigenvalue weighted by molar-refractivity contribution is 6.05. The van der Waals surface area contributed by atoms with E-state index in [4.69, 9.17) is 9.72 Å². The zero-order valence-electron chi connectivity index (χ0n) is 26.4. The Morgan fingerprint density at radius 2 is 1.91 bits per heavy atom. The van der Waals surface area contributed by atoms with Crippen molar-refractivity contribution in [1.82, 2.24) is 19.7 Å². The van der Waals surface area contributed by atoms with Gasteiger partial charge in [-0.1, -0.05) is 50.8 Å². The van der Waals surface area contributed by atoms with Gasteiger partial charge in [0.05, 0.1) is 17.9 Å². The number of piperazine rings is 1. The first-order valence-corrected chi connectivity index (χ1v) is 15.4. The van der Waals surface area contributed by atoms with Crippen molar-refractivity contribution in [3.63, 3.8) is 0 Å². The first kappa shape index (κ1) is 31.0. The van der Waals surface area contributed by atoms with E-state index in [1.165, 1.54) is 0 Å². The lowest BCUT2D eigenvalue weighted by Crippen LogP contribution is -2.45. The number of pyridine rings is 1. The van der Waals surface area contributed by atoms with E-state index >= 15 is 0 Å². The number of hydrogen-bond acceptors (Lipinski definition) is 7. The molecule has 0 atom stereocenters. The lowest BCUT2D eigenvalue weighted by atomic mass is 10.1. The fourth-order valence-corrected chi connectivity index (χ4v) is 5.50. The van der Waals surface area contributed by atoms with Crippen LogP contribution in [0.1, 0.15) is 38.1 Å². The number of ether oxygens (including phenoxy) is 1. The van der Waals surface area contributed by atoms with E-state index in [-0.39, 0.29) is 7.33 Å². The maximum atomic E-state index is 13.7. The van der Waals surface area contributed by atoms with E-state index in [0.29, 0.717) is 30.5 Å². The van der Waals surface area contributed by atoms with Crippen LogP contribution in [-0.2, 0) is 16.1 Å². The summed E-state index contributed by atoms with van der Waals surface area (Å²) in [5, 5.41) is 3.14. The highest BCUT2D eigenvalue weighted by Gasteiger charge is 2.23. The number of benzene rings is 1. The standard InChI is InChI=1S/C36H44N6O2.H2/c1-6-31-33(14-10-16-34(31)40(5)26-28-11-9-13-32(37-28)27(2)3)38-36(43)35-15-8-7-12-29-25-30(17-18-42(29)35)44-24-23-41-21-19-39(4)20-22-41;/h6-18,25,27H,1,19-24,26H2,2-5H3,(H,38,43);1H. The van der Waals surface area contributed by atoms with Gasteiger partial charge in [0.2, 0.25) is 0 Å². The van der Waals surface area contributed by atoms with Crippen molar-refractivity contribution in [1.29, 1.82) is 0 Å². The number of nitrogens with zero attached hydrogens (tertiary/aromatic N) is 5. The maximum absolute atomic E-state index is 13.7. The van der Waals surface area contributed by atoms with Gasteiger partial charge < -0.3 is 24.8 Å². The summed E-state index contributed by atoms with van der Waals surface area (Å²) < 4.78 is 6.11. The van der Waals surface area contributed by atoms with E-state index < -0.39 is 0 Å². The number of carbonyl (C=O) groups is 1. The number of carbonyl (C=O) groups excluding carboxylic acids is 1. The molecule has 0 radical (unpaired) electrons. The minimum atomic E-state index is -0.214. The molecule has 0 saturated carbocycles. The van der Waals surface area contributed by atoms with Crippen LogP contribution in [0.5, 0.6) is 0 Å². The van der Waals surface area contributed by atoms with E-state index in [0.717, 1.165) is 66.8 Å². The van der Waals surface area contributed by atoms with Crippen molar-refractivity contribution in [2.24, 2.45) is 0 Å². The topological polar surface area (TPSA) is 64.2 Å². The Balaban J connectivity index is 0.00000461. The lowest BCUT2D eigenvalue weighted by Gasteiger charge is -2.32. The van der Waals surface area contributed by atoms with Gasteiger partial charge in [-0.2, -0.15) is 0 Å². The number of hydrogen-bond donors (Lipinski definition) is 1. The van der Waals surface area contributed by atoms with Crippen molar-refractivity contribution in [2.75, 3.05) is 63.6 Å². The van der Waals surface area contributed by atoms with Gasteiger partial charge >= 0.3 is 0 Å². The van der Waals surface area contributed by atoms with Crippen LogP contribution in [0.3, 0.4) is 0 Å². The van der Waals surface area contributed by atoms with E-state index in [9.17, 15) is 4.79 Å². The number of aromatic nitrogens is 1. The summed E-state index contributed by atoms with van der Waals surface area (Å²) in [5.41, 5.74) is 5.96. The molecular weight excluding hydrogens is 548 g/mol. The molecule has 4 heterocycles. The lowest BCUT2D eigenvalue weighted by molar-refractivity contribution is -0.113. The molecule has 0 unspecified atom stereocenters. The summed E-state index contributed by atoms with van der Waals surface area (Å²) in [7, 11) is 4.19. The van der Waals surface area contributed by atoms with Crippen LogP contribution in [-0.4, -0.2) is 79.0 Å². The Labute approximate surface area is 263 Å². The molecule has 5 rings (SSSR count). The van der Waals surface area contributed by atoms with Gasteiger partial charge in [0.1, 0.15) is 18.1 Å². The molecule has 232 valence electrons. The molecular formula is C36H46N6O2. The predicted octanol–water partition coefficient (Wildman–Crippen LogP) is 5.98. The molecule has 1 aromatic heterocycles. The summed E-state index contributed by atoms with van der Waals surface area (Å²) in [5.74, 6) is 0.937. The molecule has 3 aliphatic heterocycles. The highest BCUT2D eigenvalue weighted by atomic mass is 16.5. The molecule has 0 spiro atoms. The molecule has 1 amide bonds. The monoisotopic (exact) mass is 594 g/mol. The van der Waals surface area contributed by atoms with Gasteiger partial charge in [-0.25, -0.2) is 0 Å². The average molecular weight is 595 g/mol. The molecule has 3 aliphatic rings. The van der Waals surface area contributed by atoms with E-state index in [2.05, 4.69) is 59.6 Å². The van der Waals surface area contributed by atoms with Crippen LogP contribution in [0, 0.1) is 0 Å². The maximum Gasteiger partial charge on any atom is 0.272 e. The molecule has 0 aliphatic carbocycles. The number of rotatable bonds is 11. The predicted molar refractivity (Wildman–Crippen MR) is 182 cm³/mol. The zero-order valence-corrected chi connectivity index (χ0v) is 26.4. The highest BCUT2D eigenvalue weighted by Crippen LogP contribution is 2.31. The number of allylic oxidation sites excluding steroid dienone is 6. The fraction of sp³-hybridized carbons (Fsp3) is 0.333. The minimum Gasteiger partial charge on any atom is -0.492 e. The smallest absolute Gasteiger partial charge is 0.272 e. The number of likely N-dealkylation sites (N-methyl/N-ethyl adjacent to an activating group) is 1. The Kier molecular flexibility index (Phi) is 10.1. The molecule has 8 heteroatoms. The third kappa shape index (κ3) is 7.56. The normalized spacial score (nSPS) is 16.9. The first-order chi connectivity index (χ1) is 21.3. The van der Waals surface area contributed by atoms with Crippen molar-refractivity contribution in [3.05, 3.63) is 120 Å². The third-order valence-corrected chi connectivity index (χ3v) is 8.12. The quantitative estimate of drug-likeness (QED) is 0.343. The van der Waals surface area contributed by atoms with Crippen LogP contribution in [0.15, 0.2) is 103 Å². The second kappa shape index (κ2) is 14.4. The van der Waals surface area contributed by atoms with Crippen LogP contribution in [0.25, 0.3) is 6.08 Å². The summed E-state index contributed by atoms with van der Waals surface area (Å²) >= 11 is 0. The Morgan fingerprint density at radius 3 is 2.68 bits per heavy atom. The number of anilines is 2. The van der Waals surface area contributed by atoms with Gasteiger partial charge in [-0.05, 0) is 55.5 Å². The Morgan fingerprint density at radius 1 is 1.14 bits per heavy atom. The Bertz CT molecular complexity index is 1520. The molecule has 8 nitrogen and oxygen atoms in total. The molecule has 2 aromatic rings. The zero-order chi connectivity index (χ0) is 31.1. The number of nitrogens with one attached hydrogen (secondary N) is 1. The van der Waals surface area contributed by atoms with Crippen LogP contribution in [0.4, 0.5) is 11.4 Å². The van der Waals surface area contributed by atoms with E-state index in [1.54, 1.807) is 6.08 Å². The molecule has 44 heavy (non-hydrogen) atoms. The van der Waals surface area contributed by atoms with Crippen molar-refractivity contribution in [2.45, 2.75) is 26.3 Å². The van der Waals surface area contributed by atoms with Gasteiger partial charge in [0.15, 0.2) is 0 Å². The largest absolute Gasteiger partial charge is 0.492 e. The van der Waals surface area contributed by atoms with Crippen LogP contribution < -0.4 is 10.2 Å². The molecule has 1 fully saturated rings. The van der Waals surface area contributed by atoms with Crippen LogP contribution >= 0.6 is 0 Å². The van der Waals surface area contributed by atoms with Gasteiger partial charge in [0.25, 0.3) is 5.91 Å². The minimum absolute atomic E-state index is 0. The van der Waals surface area contributed by atoms with Gasteiger partial charge in [-0.15, -0.1) is 0 Å². The summed E-state index contributed by atoms with van der Waals surface area (Å²) in [4.78, 5) is 27.4. The second-order valence-corrected chi connectivity index (χ2v) is 11.7. The van der Waals surface area contributed by atoms with Crippen molar-refractivity contribution >= 4 is 23.4 Å². The van der Waals surface area contributed by atoms with Gasteiger partial charge in [-0.3, -0.25) is 14.7 Å². The summed E-state index contributed by atoms with van der Waals surface area (Å²) in [6, 6.07) is 12.1. The fourth-order valence-electron chi connectivity index (χ4n) is 5.50.